The molecule has 3 heterocycles. The van der Waals surface area contributed by atoms with Crippen LogP contribution < -0.4 is 4.90 Å². The average Bonchev–Trinajstić information content (AvgIpc) is 3.18. The van der Waals surface area contributed by atoms with Crippen LogP contribution in [0.4, 0.5) is 10.1 Å². The fourth-order valence-electron chi connectivity index (χ4n) is 5.80. The first-order valence-electron chi connectivity index (χ1n) is 12.2. The smallest absolute Gasteiger partial charge is 0.253 e. The maximum Gasteiger partial charge on any atom is 0.253 e. The zero-order valence-electron chi connectivity index (χ0n) is 19.2. The standard InChI is InChI=1S/C27H30FN3O3/c28-22-8-6-21(7-9-22)26(33)30-16-12-20(13-17-30)19-10-14-29(15-11-19)24-18-25(32)31(27(24)34)23-4-2-1-3-5-23/h1-9,19-20,24H,10-18H2/t24-/m1/s1. The highest BCUT2D eigenvalue weighted by Crippen LogP contribution is 2.35. The summed E-state index contributed by atoms with van der Waals surface area (Å²) in [7, 11) is 0. The average molecular weight is 464 g/mol. The van der Waals surface area contributed by atoms with Gasteiger partial charge in [0.2, 0.25) is 5.91 Å². The van der Waals surface area contributed by atoms with Gasteiger partial charge in [0.1, 0.15) is 5.82 Å². The van der Waals surface area contributed by atoms with Crippen molar-refractivity contribution >= 4 is 23.4 Å². The first-order valence-corrected chi connectivity index (χ1v) is 12.2. The number of anilines is 1. The van der Waals surface area contributed by atoms with Crippen molar-refractivity contribution < 1.29 is 18.8 Å². The lowest BCUT2D eigenvalue weighted by molar-refractivity contribution is -0.123. The molecule has 0 bridgehead atoms. The fourth-order valence-corrected chi connectivity index (χ4v) is 5.80. The van der Waals surface area contributed by atoms with Crippen LogP contribution in [-0.2, 0) is 9.59 Å². The van der Waals surface area contributed by atoms with Gasteiger partial charge in [-0.15, -0.1) is 0 Å². The summed E-state index contributed by atoms with van der Waals surface area (Å²) >= 11 is 0. The predicted octanol–water partition coefficient (Wildman–Crippen LogP) is 3.72. The van der Waals surface area contributed by atoms with Crippen LogP contribution in [0, 0.1) is 17.7 Å². The van der Waals surface area contributed by atoms with E-state index in [-0.39, 0.29) is 36.0 Å². The quantitative estimate of drug-likeness (QED) is 0.649. The van der Waals surface area contributed by atoms with Crippen molar-refractivity contribution in [2.24, 2.45) is 11.8 Å². The lowest BCUT2D eigenvalue weighted by atomic mass is 9.78. The second-order valence-corrected chi connectivity index (χ2v) is 9.63. The molecule has 0 saturated carbocycles. The van der Waals surface area contributed by atoms with E-state index in [4.69, 9.17) is 0 Å². The van der Waals surface area contributed by atoms with Crippen LogP contribution in [0.2, 0.25) is 0 Å². The molecule has 0 aromatic heterocycles. The lowest BCUT2D eigenvalue weighted by Crippen LogP contribution is -2.47. The van der Waals surface area contributed by atoms with Gasteiger partial charge < -0.3 is 4.90 Å². The second kappa shape index (κ2) is 9.66. The minimum absolute atomic E-state index is 0.0272. The molecule has 5 rings (SSSR count). The molecule has 3 aliphatic rings. The molecular formula is C27H30FN3O3. The van der Waals surface area contributed by atoms with Crippen molar-refractivity contribution in [3.05, 3.63) is 66.0 Å². The first kappa shape index (κ1) is 22.7. The largest absolute Gasteiger partial charge is 0.339 e. The highest BCUT2D eigenvalue weighted by atomic mass is 19.1. The molecule has 0 unspecified atom stereocenters. The Labute approximate surface area is 199 Å². The number of halogens is 1. The van der Waals surface area contributed by atoms with Crippen molar-refractivity contribution in [1.29, 1.82) is 0 Å². The number of hydrogen-bond donors (Lipinski definition) is 0. The number of carbonyl (C=O) groups is 3. The normalized spacial score (nSPS) is 23.0. The molecule has 0 radical (unpaired) electrons. The lowest BCUT2D eigenvalue weighted by Gasteiger charge is -2.41. The molecule has 1 atom stereocenters. The molecule has 34 heavy (non-hydrogen) atoms. The van der Waals surface area contributed by atoms with Gasteiger partial charge in [-0.05, 0) is 87.0 Å². The Hall–Kier alpha value is -3.06. The van der Waals surface area contributed by atoms with Gasteiger partial charge in [0.15, 0.2) is 0 Å². The van der Waals surface area contributed by atoms with Gasteiger partial charge in [-0.25, -0.2) is 9.29 Å². The van der Waals surface area contributed by atoms with Crippen LogP contribution in [0.25, 0.3) is 0 Å². The Balaban J connectivity index is 1.12. The van der Waals surface area contributed by atoms with Gasteiger partial charge in [-0.1, -0.05) is 18.2 Å². The third kappa shape index (κ3) is 4.49. The van der Waals surface area contributed by atoms with E-state index >= 15 is 0 Å². The van der Waals surface area contributed by atoms with Gasteiger partial charge in [0, 0.05) is 18.7 Å². The van der Waals surface area contributed by atoms with Crippen LogP contribution in [0.3, 0.4) is 0 Å². The minimum Gasteiger partial charge on any atom is -0.339 e. The van der Waals surface area contributed by atoms with Crippen LogP contribution in [0.5, 0.6) is 0 Å². The fraction of sp³-hybridized carbons (Fsp3) is 0.444. The van der Waals surface area contributed by atoms with Crippen LogP contribution in [0.1, 0.15) is 42.5 Å². The third-order valence-electron chi connectivity index (χ3n) is 7.74. The molecule has 3 amide bonds. The maximum absolute atomic E-state index is 13.1. The molecule has 0 N–H and O–H groups in total. The highest BCUT2D eigenvalue weighted by molar-refractivity contribution is 6.22. The molecule has 2 aromatic rings. The zero-order valence-corrected chi connectivity index (χ0v) is 19.2. The summed E-state index contributed by atoms with van der Waals surface area (Å²) in [6, 6.07) is 14.6. The summed E-state index contributed by atoms with van der Waals surface area (Å²) in [4.78, 5) is 43.7. The summed E-state index contributed by atoms with van der Waals surface area (Å²) < 4.78 is 13.1. The number of nitrogens with zero attached hydrogens (tertiary/aromatic N) is 3. The van der Waals surface area contributed by atoms with E-state index in [0.29, 0.717) is 23.1 Å². The van der Waals surface area contributed by atoms with Gasteiger partial charge in [0.25, 0.3) is 11.8 Å². The Morgan fingerprint density at radius 2 is 1.38 bits per heavy atom. The minimum atomic E-state index is -0.358. The molecule has 0 aliphatic carbocycles. The number of imide groups is 1. The number of likely N-dealkylation sites (tertiary alicyclic amines) is 2. The number of para-hydroxylation sites is 1. The van der Waals surface area contributed by atoms with Gasteiger partial charge in [-0.3, -0.25) is 19.3 Å². The number of hydrogen-bond acceptors (Lipinski definition) is 4. The number of piperidine rings is 2. The third-order valence-corrected chi connectivity index (χ3v) is 7.74. The number of carbonyl (C=O) groups excluding carboxylic acids is 3. The SMILES string of the molecule is O=C(c1ccc(F)cc1)N1CCC(C2CCN([C@@H]3CC(=O)N(c4ccccc4)C3=O)CC2)CC1. The van der Waals surface area contributed by atoms with Gasteiger partial charge in [-0.2, -0.15) is 0 Å². The molecule has 178 valence electrons. The van der Waals surface area contributed by atoms with E-state index in [0.717, 1.165) is 51.9 Å². The number of rotatable bonds is 4. The second-order valence-electron chi connectivity index (χ2n) is 9.63. The molecule has 6 nitrogen and oxygen atoms in total. The number of amides is 3. The number of benzene rings is 2. The molecule has 2 aromatic carbocycles. The van der Waals surface area contributed by atoms with E-state index in [1.165, 1.54) is 17.0 Å². The molecule has 3 saturated heterocycles. The Kier molecular flexibility index (Phi) is 6.46. The zero-order chi connectivity index (χ0) is 23.7. The van der Waals surface area contributed by atoms with Gasteiger partial charge in [0.05, 0.1) is 18.2 Å². The van der Waals surface area contributed by atoms with Crippen molar-refractivity contribution in [2.75, 3.05) is 31.1 Å². The highest BCUT2D eigenvalue weighted by Gasteiger charge is 2.44. The van der Waals surface area contributed by atoms with Crippen molar-refractivity contribution in [3.63, 3.8) is 0 Å². The summed E-state index contributed by atoms with van der Waals surface area (Å²) in [5, 5.41) is 0. The monoisotopic (exact) mass is 463 g/mol. The molecule has 3 fully saturated rings. The summed E-state index contributed by atoms with van der Waals surface area (Å²) in [6.45, 7) is 3.10. The van der Waals surface area contributed by atoms with Gasteiger partial charge >= 0.3 is 0 Å². The predicted molar refractivity (Wildman–Crippen MR) is 127 cm³/mol. The maximum atomic E-state index is 13.1. The van der Waals surface area contributed by atoms with E-state index in [1.807, 2.05) is 23.1 Å². The van der Waals surface area contributed by atoms with E-state index in [9.17, 15) is 18.8 Å². The van der Waals surface area contributed by atoms with Crippen LogP contribution in [-0.4, -0.2) is 59.7 Å². The Bertz CT molecular complexity index is 1040. The summed E-state index contributed by atoms with van der Waals surface area (Å²) in [5.74, 6) is 0.556. The van der Waals surface area contributed by atoms with E-state index in [2.05, 4.69) is 4.90 Å². The summed E-state index contributed by atoms with van der Waals surface area (Å²) in [6.07, 6.45) is 4.22. The Morgan fingerprint density at radius 1 is 0.794 bits per heavy atom. The summed E-state index contributed by atoms with van der Waals surface area (Å²) in [5.41, 5.74) is 1.19. The van der Waals surface area contributed by atoms with Crippen molar-refractivity contribution in [1.82, 2.24) is 9.80 Å². The topological polar surface area (TPSA) is 60.9 Å². The van der Waals surface area contributed by atoms with Crippen LogP contribution >= 0.6 is 0 Å². The van der Waals surface area contributed by atoms with Crippen LogP contribution in [0.15, 0.2) is 54.6 Å². The Morgan fingerprint density at radius 3 is 2.00 bits per heavy atom. The molecule has 3 aliphatic heterocycles. The van der Waals surface area contributed by atoms with Crippen molar-refractivity contribution in [2.45, 2.75) is 38.1 Å². The van der Waals surface area contributed by atoms with E-state index in [1.54, 1.807) is 24.3 Å². The van der Waals surface area contributed by atoms with Crippen molar-refractivity contribution in [3.8, 4) is 0 Å². The molecular weight excluding hydrogens is 433 g/mol. The first-order chi connectivity index (χ1) is 16.5. The molecule has 7 heteroatoms. The van der Waals surface area contributed by atoms with E-state index < -0.39 is 0 Å². The molecule has 0 spiro atoms.